The lowest BCUT2D eigenvalue weighted by molar-refractivity contribution is -0.116. The summed E-state index contributed by atoms with van der Waals surface area (Å²) in [5, 5.41) is 2.79. The first-order valence-electron chi connectivity index (χ1n) is 7.64. The van der Waals surface area contributed by atoms with Crippen LogP contribution in [-0.4, -0.2) is 11.7 Å². The fraction of sp³-hybridized carbons (Fsp3) is 0.263. The third-order valence-corrected chi connectivity index (χ3v) is 4.14. The normalized spacial score (nSPS) is 10.6. The van der Waals surface area contributed by atoms with Crippen LogP contribution >= 0.6 is 15.9 Å². The SMILES string of the molecule is CC(C)c1ccc(C(=O)CCC(=O)Nc2ccc(Br)cc2)cc1. The molecule has 4 heteroatoms. The second kappa shape index (κ2) is 8.06. The van der Waals surface area contributed by atoms with Crippen molar-refractivity contribution >= 4 is 33.3 Å². The summed E-state index contributed by atoms with van der Waals surface area (Å²) < 4.78 is 0.954. The minimum absolute atomic E-state index is 0.00809. The lowest BCUT2D eigenvalue weighted by atomic mass is 9.99. The first kappa shape index (κ1) is 17.4. The highest BCUT2D eigenvalue weighted by Gasteiger charge is 2.10. The van der Waals surface area contributed by atoms with E-state index >= 15 is 0 Å². The van der Waals surface area contributed by atoms with Crippen molar-refractivity contribution in [2.45, 2.75) is 32.6 Å². The fourth-order valence-electron chi connectivity index (χ4n) is 2.18. The summed E-state index contributed by atoms with van der Waals surface area (Å²) in [6, 6.07) is 15.0. The van der Waals surface area contributed by atoms with Gasteiger partial charge in [-0.2, -0.15) is 0 Å². The molecule has 2 aromatic carbocycles. The standard InChI is InChI=1S/C19H20BrNO2/c1-13(2)14-3-5-15(6-4-14)18(22)11-12-19(23)21-17-9-7-16(20)8-10-17/h3-10,13H,11-12H2,1-2H3,(H,21,23). The molecule has 0 spiro atoms. The molecule has 23 heavy (non-hydrogen) atoms. The van der Waals surface area contributed by atoms with Gasteiger partial charge in [0.1, 0.15) is 0 Å². The number of amides is 1. The van der Waals surface area contributed by atoms with Crippen LogP contribution in [-0.2, 0) is 4.79 Å². The van der Waals surface area contributed by atoms with E-state index in [4.69, 9.17) is 0 Å². The predicted octanol–water partition coefficient (Wildman–Crippen LogP) is 5.17. The fourth-order valence-corrected chi connectivity index (χ4v) is 2.45. The van der Waals surface area contributed by atoms with E-state index in [2.05, 4.69) is 35.1 Å². The van der Waals surface area contributed by atoms with Crippen LogP contribution in [0.1, 0.15) is 48.5 Å². The maximum Gasteiger partial charge on any atom is 0.224 e. The van der Waals surface area contributed by atoms with E-state index < -0.39 is 0 Å². The van der Waals surface area contributed by atoms with Gasteiger partial charge < -0.3 is 5.32 Å². The van der Waals surface area contributed by atoms with Crippen molar-refractivity contribution < 1.29 is 9.59 Å². The highest BCUT2D eigenvalue weighted by molar-refractivity contribution is 9.10. The van der Waals surface area contributed by atoms with Gasteiger partial charge in [-0.15, -0.1) is 0 Å². The summed E-state index contributed by atoms with van der Waals surface area (Å²) in [4.78, 5) is 24.0. The summed E-state index contributed by atoms with van der Waals surface area (Å²) >= 11 is 3.34. The van der Waals surface area contributed by atoms with Gasteiger partial charge in [0, 0.05) is 28.6 Å². The van der Waals surface area contributed by atoms with Crippen molar-refractivity contribution in [1.29, 1.82) is 0 Å². The molecule has 2 aromatic rings. The minimum Gasteiger partial charge on any atom is -0.326 e. The predicted molar refractivity (Wildman–Crippen MR) is 96.9 cm³/mol. The zero-order valence-corrected chi connectivity index (χ0v) is 14.9. The maximum atomic E-state index is 12.1. The minimum atomic E-state index is -0.153. The molecule has 0 aliphatic heterocycles. The highest BCUT2D eigenvalue weighted by atomic mass is 79.9. The van der Waals surface area contributed by atoms with Crippen LogP contribution in [0.4, 0.5) is 5.69 Å². The van der Waals surface area contributed by atoms with Crippen LogP contribution in [0, 0.1) is 0 Å². The van der Waals surface area contributed by atoms with Gasteiger partial charge in [-0.1, -0.05) is 54.0 Å². The van der Waals surface area contributed by atoms with Gasteiger partial charge in [0.25, 0.3) is 0 Å². The zero-order chi connectivity index (χ0) is 16.8. The Kier molecular flexibility index (Phi) is 6.11. The van der Waals surface area contributed by atoms with E-state index in [-0.39, 0.29) is 24.5 Å². The summed E-state index contributed by atoms with van der Waals surface area (Å²) in [7, 11) is 0. The van der Waals surface area contributed by atoms with E-state index in [1.165, 1.54) is 5.56 Å². The molecule has 0 heterocycles. The van der Waals surface area contributed by atoms with Crippen LogP contribution in [0.25, 0.3) is 0 Å². The number of rotatable bonds is 6. The van der Waals surface area contributed by atoms with Crippen molar-refractivity contribution in [3.63, 3.8) is 0 Å². The summed E-state index contributed by atoms with van der Waals surface area (Å²) in [5.74, 6) is 0.279. The van der Waals surface area contributed by atoms with Crippen molar-refractivity contribution in [2.75, 3.05) is 5.32 Å². The molecule has 0 atom stereocenters. The Morgan fingerprint density at radius 1 is 0.957 bits per heavy atom. The summed E-state index contributed by atoms with van der Waals surface area (Å²) in [6.07, 6.45) is 0.393. The number of carbonyl (C=O) groups is 2. The lowest BCUT2D eigenvalue weighted by Gasteiger charge is -2.07. The first-order valence-corrected chi connectivity index (χ1v) is 8.43. The van der Waals surface area contributed by atoms with Gasteiger partial charge in [-0.05, 0) is 35.7 Å². The van der Waals surface area contributed by atoms with Gasteiger partial charge in [0.2, 0.25) is 5.91 Å². The largest absolute Gasteiger partial charge is 0.326 e. The number of carbonyl (C=O) groups excluding carboxylic acids is 2. The Balaban J connectivity index is 1.85. The van der Waals surface area contributed by atoms with Crippen LogP contribution in [0.3, 0.4) is 0 Å². The van der Waals surface area contributed by atoms with E-state index in [1.807, 2.05) is 48.5 Å². The Labute approximate surface area is 145 Å². The van der Waals surface area contributed by atoms with Gasteiger partial charge in [0.15, 0.2) is 5.78 Å². The third-order valence-electron chi connectivity index (χ3n) is 3.61. The molecule has 1 amide bonds. The van der Waals surface area contributed by atoms with Crippen LogP contribution in [0.2, 0.25) is 0 Å². The number of anilines is 1. The molecular formula is C19H20BrNO2. The molecule has 120 valence electrons. The van der Waals surface area contributed by atoms with Gasteiger partial charge in [-0.3, -0.25) is 9.59 Å². The molecule has 0 saturated heterocycles. The molecule has 0 aliphatic rings. The molecule has 3 nitrogen and oxygen atoms in total. The third kappa shape index (κ3) is 5.32. The number of halogens is 1. The molecule has 0 aromatic heterocycles. The molecule has 0 aliphatic carbocycles. The molecule has 0 saturated carbocycles. The van der Waals surface area contributed by atoms with Crippen molar-refractivity contribution in [3.8, 4) is 0 Å². The van der Waals surface area contributed by atoms with E-state index in [0.29, 0.717) is 11.5 Å². The maximum absolute atomic E-state index is 12.1. The number of benzene rings is 2. The molecule has 0 fully saturated rings. The zero-order valence-electron chi connectivity index (χ0n) is 13.3. The van der Waals surface area contributed by atoms with Crippen LogP contribution in [0.5, 0.6) is 0 Å². The smallest absolute Gasteiger partial charge is 0.224 e. The Morgan fingerprint density at radius 3 is 2.13 bits per heavy atom. The number of nitrogens with one attached hydrogen (secondary N) is 1. The van der Waals surface area contributed by atoms with E-state index in [9.17, 15) is 9.59 Å². The van der Waals surface area contributed by atoms with Crippen LogP contribution in [0.15, 0.2) is 53.0 Å². The van der Waals surface area contributed by atoms with E-state index in [1.54, 1.807) is 0 Å². The molecule has 1 N–H and O–H groups in total. The molecule has 0 unspecified atom stereocenters. The molecule has 2 rings (SSSR count). The lowest BCUT2D eigenvalue weighted by Crippen LogP contribution is -2.13. The Bertz CT molecular complexity index is 676. The summed E-state index contributed by atoms with van der Waals surface area (Å²) in [5.41, 5.74) is 2.59. The number of Topliss-reactive ketones (excluding diaryl/α,β-unsaturated/α-hetero) is 1. The molecule has 0 bridgehead atoms. The Morgan fingerprint density at radius 2 is 1.57 bits per heavy atom. The number of hydrogen-bond donors (Lipinski definition) is 1. The quantitative estimate of drug-likeness (QED) is 0.709. The second-order valence-corrected chi connectivity index (χ2v) is 6.67. The van der Waals surface area contributed by atoms with Gasteiger partial charge in [-0.25, -0.2) is 0 Å². The second-order valence-electron chi connectivity index (χ2n) is 5.75. The highest BCUT2D eigenvalue weighted by Crippen LogP contribution is 2.17. The van der Waals surface area contributed by atoms with Crippen molar-refractivity contribution in [2.24, 2.45) is 0 Å². The summed E-state index contributed by atoms with van der Waals surface area (Å²) in [6.45, 7) is 4.23. The van der Waals surface area contributed by atoms with E-state index in [0.717, 1.165) is 10.2 Å². The average Bonchev–Trinajstić information content (AvgIpc) is 2.55. The monoisotopic (exact) mass is 373 g/mol. The molecule has 0 radical (unpaired) electrons. The van der Waals surface area contributed by atoms with Crippen molar-refractivity contribution in [1.82, 2.24) is 0 Å². The van der Waals surface area contributed by atoms with Gasteiger partial charge >= 0.3 is 0 Å². The number of hydrogen-bond acceptors (Lipinski definition) is 2. The average molecular weight is 374 g/mol. The first-order chi connectivity index (χ1) is 11.0. The van der Waals surface area contributed by atoms with Gasteiger partial charge in [0.05, 0.1) is 0 Å². The molecular weight excluding hydrogens is 354 g/mol. The van der Waals surface area contributed by atoms with Crippen molar-refractivity contribution in [3.05, 3.63) is 64.1 Å². The Hall–Kier alpha value is -1.94. The number of ketones is 1. The van der Waals surface area contributed by atoms with Crippen LogP contribution < -0.4 is 5.32 Å². The topological polar surface area (TPSA) is 46.2 Å².